The van der Waals surface area contributed by atoms with E-state index in [2.05, 4.69) is 4.98 Å². The maximum absolute atomic E-state index is 7.10. The van der Waals surface area contributed by atoms with E-state index >= 15 is 0 Å². The topological polar surface area (TPSA) is 113 Å². The van der Waals surface area contributed by atoms with Crippen molar-refractivity contribution in [2.45, 2.75) is 11.5 Å². The van der Waals surface area contributed by atoms with Crippen LogP contribution in [0.1, 0.15) is 11.4 Å². The third-order valence-electron chi connectivity index (χ3n) is 1.62. The first kappa shape index (κ1) is 20.1. The highest BCUT2D eigenvalue weighted by Gasteiger charge is 2.01. The van der Waals surface area contributed by atoms with E-state index in [0.717, 1.165) is 11.4 Å². The van der Waals surface area contributed by atoms with E-state index in [4.69, 9.17) is 22.3 Å². The fourth-order valence-corrected chi connectivity index (χ4v) is 1.92. The van der Waals surface area contributed by atoms with Crippen molar-refractivity contribution >= 4 is 67.8 Å². The molecule has 0 aliphatic rings. The van der Waals surface area contributed by atoms with Crippen molar-refractivity contribution in [3.05, 3.63) is 29.6 Å². The zero-order valence-electron chi connectivity index (χ0n) is 9.38. The third kappa shape index (κ3) is 8.78. The number of hydrogen-bond acceptors (Lipinski definition) is 5. The molecule has 18 heavy (non-hydrogen) atoms. The maximum atomic E-state index is 7.10. The number of thioether (sulfide) groups is 2. The van der Waals surface area contributed by atoms with Crippen molar-refractivity contribution in [1.82, 2.24) is 4.98 Å². The molecule has 0 aliphatic carbocycles. The molecule has 1 heterocycles. The lowest BCUT2D eigenvalue weighted by molar-refractivity contribution is 1.09. The minimum absolute atomic E-state index is 0. The Morgan fingerprint density at radius 2 is 1.39 bits per heavy atom. The summed E-state index contributed by atoms with van der Waals surface area (Å²) in [6.45, 7) is 0. The van der Waals surface area contributed by atoms with Crippen LogP contribution < -0.4 is 11.5 Å². The van der Waals surface area contributed by atoms with E-state index in [1.165, 1.54) is 23.5 Å². The minimum atomic E-state index is 0. The first-order chi connectivity index (χ1) is 7.58. The van der Waals surface area contributed by atoms with Crippen LogP contribution in [0.15, 0.2) is 18.2 Å². The summed E-state index contributed by atoms with van der Waals surface area (Å²) in [5, 5.41) is 14.4. The van der Waals surface area contributed by atoms with E-state index in [9.17, 15) is 0 Å². The van der Waals surface area contributed by atoms with Gasteiger partial charge in [0.25, 0.3) is 0 Å². The molecule has 0 saturated carbocycles. The second kappa shape index (κ2) is 10.7. The summed E-state index contributed by atoms with van der Waals surface area (Å²) in [4.78, 5) is 4.37. The average molecular weight is 417 g/mol. The Balaban J connectivity index is 0. The van der Waals surface area contributed by atoms with Crippen LogP contribution >= 0.6 is 57.5 Å². The molecule has 0 amide bonds. The Kier molecular flexibility index (Phi) is 11.9. The Morgan fingerprint density at radius 1 is 1.00 bits per heavy atom. The molecular weight excluding hydrogens is 402 g/mol. The number of hydrogen-bond donors (Lipinski definition) is 4. The predicted molar refractivity (Wildman–Crippen MR) is 91.3 cm³/mol. The molecule has 1 rings (SSSR count). The van der Waals surface area contributed by atoms with Crippen LogP contribution in [-0.2, 0) is 11.5 Å². The van der Waals surface area contributed by atoms with Crippen LogP contribution in [-0.4, -0.2) is 15.3 Å². The fourth-order valence-electron chi connectivity index (χ4n) is 0.993. The van der Waals surface area contributed by atoms with E-state index in [0.29, 0.717) is 11.5 Å². The van der Waals surface area contributed by atoms with Gasteiger partial charge < -0.3 is 11.5 Å². The molecule has 1 aromatic rings. The van der Waals surface area contributed by atoms with Crippen molar-refractivity contribution in [2.24, 2.45) is 11.5 Å². The van der Waals surface area contributed by atoms with Gasteiger partial charge in [0.05, 0.1) is 11.4 Å². The molecule has 0 spiro atoms. The Morgan fingerprint density at radius 3 is 1.72 bits per heavy atom. The number of aromatic nitrogens is 1. The van der Waals surface area contributed by atoms with Crippen LogP contribution in [0.5, 0.6) is 0 Å². The number of amidine groups is 2. The number of halogens is 2. The highest BCUT2D eigenvalue weighted by atomic mass is 79.9. The number of nitrogens with two attached hydrogens (primary N) is 2. The lowest BCUT2D eigenvalue weighted by Gasteiger charge is -2.03. The van der Waals surface area contributed by atoms with Crippen LogP contribution in [0.4, 0.5) is 0 Å². The van der Waals surface area contributed by atoms with Crippen LogP contribution in [0.2, 0.25) is 0 Å². The molecule has 0 saturated heterocycles. The fraction of sp³-hybridized carbons (Fsp3) is 0.222. The molecular formula is C9H15Br2N5S2. The molecule has 5 nitrogen and oxygen atoms in total. The molecule has 0 fully saturated rings. The van der Waals surface area contributed by atoms with Crippen LogP contribution in [0.3, 0.4) is 0 Å². The smallest absolute Gasteiger partial charge is 0.151 e. The first-order valence-electron chi connectivity index (χ1n) is 4.46. The molecule has 102 valence electrons. The lowest BCUT2D eigenvalue weighted by Crippen LogP contribution is -2.06. The minimum Gasteiger partial charge on any atom is -0.379 e. The van der Waals surface area contributed by atoms with Crippen molar-refractivity contribution in [1.29, 1.82) is 10.8 Å². The van der Waals surface area contributed by atoms with Gasteiger partial charge in [0.15, 0.2) is 10.3 Å². The van der Waals surface area contributed by atoms with Gasteiger partial charge in [0, 0.05) is 11.5 Å². The summed E-state index contributed by atoms with van der Waals surface area (Å²) < 4.78 is 0. The van der Waals surface area contributed by atoms with Crippen molar-refractivity contribution < 1.29 is 0 Å². The highest BCUT2D eigenvalue weighted by Crippen LogP contribution is 2.13. The second-order valence-corrected chi connectivity index (χ2v) is 4.96. The second-order valence-electron chi connectivity index (χ2n) is 2.93. The molecule has 0 bridgehead atoms. The molecule has 9 heteroatoms. The summed E-state index contributed by atoms with van der Waals surface area (Å²) >= 11 is 2.48. The Hall–Kier alpha value is -0.250. The highest BCUT2D eigenvalue weighted by molar-refractivity contribution is 8.93. The summed E-state index contributed by atoms with van der Waals surface area (Å²) in [5.74, 6) is 1.18. The van der Waals surface area contributed by atoms with Gasteiger partial charge in [-0.25, -0.2) is 0 Å². The monoisotopic (exact) mass is 415 g/mol. The molecule has 0 aliphatic heterocycles. The first-order valence-corrected chi connectivity index (χ1v) is 6.43. The largest absolute Gasteiger partial charge is 0.379 e. The lowest BCUT2D eigenvalue weighted by atomic mass is 10.3. The van der Waals surface area contributed by atoms with Gasteiger partial charge in [-0.15, -0.1) is 34.0 Å². The molecule has 0 radical (unpaired) electrons. The summed E-state index contributed by atoms with van der Waals surface area (Å²) in [5.41, 5.74) is 12.2. The quantitative estimate of drug-likeness (QED) is 0.444. The Labute approximate surface area is 135 Å². The molecule has 6 N–H and O–H groups in total. The van der Waals surface area contributed by atoms with Crippen LogP contribution in [0, 0.1) is 10.8 Å². The van der Waals surface area contributed by atoms with Gasteiger partial charge in [-0.2, -0.15) is 0 Å². The van der Waals surface area contributed by atoms with E-state index < -0.39 is 0 Å². The SMILES string of the molecule is Br.Br.N=C(N)SCc1cccc(CSC(=N)N)n1. The van der Waals surface area contributed by atoms with Gasteiger partial charge in [-0.05, 0) is 12.1 Å². The van der Waals surface area contributed by atoms with E-state index in [1.807, 2.05) is 18.2 Å². The number of pyridine rings is 1. The summed E-state index contributed by atoms with van der Waals surface area (Å²) in [6.07, 6.45) is 0. The number of nitrogens with one attached hydrogen (secondary N) is 2. The van der Waals surface area contributed by atoms with Crippen molar-refractivity contribution in [3.8, 4) is 0 Å². The standard InChI is InChI=1S/C9H13N5S2.2BrH/c10-8(11)15-4-6-2-1-3-7(14-6)5-16-9(12)13;;/h1-3H,4-5H2,(H3,10,11)(H3,12,13);2*1H. The summed E-state index contributed by atoms with van der Waals surface area (Å²) in [7, 11) is 0. The van der Waals surface area contributed by atoms with Gasteiger partial charge in [0.1, 0.15) is 0 Å². The average Bonchev–Trinajstić information content (AvgIpc) is 2.24. The van der Waals surface area contributed by atoms with Gasteiger partial charge in [-0.3, -0.25) is 15.8 Å². The summed E-state index contributed by atoms with van der Waals surface area (Å²) in [6, 6.07) is 5.68. The van der Waals surface area contributed by atoms with E-state index in [1.54, 1.807) is 0 Å². The molecule has 1 aromatic heterocycles. The third-order valence-corrected chi connectivity index (χ3v) is 3.12. The molecule has 0 atom stereocenters. The zero-order valence-corrected chi connectivity index (χ0v) is 14.4. The normalized spacial score (nSPS) is 8.89. The molecule has 0 aromatic carbocycles. The zero-order chi connectivity index (χ0) is 12.0. The molecule has 0 unspecified atom stereocenters. The Bertz CT molecular complexity index is 369. The van der Waals surface area contributed by atoms with Crippen molar-refractivity contribution in [3.63, 3.8) is 0 Å². The van der Waals surface area contributed by atoms with Gasteiger partial charge in [-0.1, -0.05) is 29.6 Å². The maximum Gasteiger partial charge on any atom is 0.151 e. The van der Waals surface area contributed by atoms with Crippen LogP contribution in [0.25, 0.3) is 0 Å². The van der Waals surface area contributed by atoms with Gasteiger partial charge >= 0.3 is 0 Å². The predicted octanol–water partition coefficient (Wildman–Crippen LogP) is 2.49. The van der Waals surface area contributed by atoms with E-state index in [-0.39, 0.29) is 44.3 Å². The number of nitrogens with zero attached hydrogens (tertiary/aromatic N) is 1. The van der Waals surface area contributed by atoms with Gasteiger partial charge in [0.2, 0.25) is 0 Å². The number of rotatable bonds is 4. The van der Waals surface area contributed by atoms with Crippen molar-refractivity contribution in [2.75, 3.05) is 0 Å².